The third-order valence-electron chi connectivity index (χ3n) is 0. The first-order valence-electron chi connectivity index (χ1n) is 0. The van der Waals surface area contributed by atoms with Crippen molar-refractivity contribution in [2.24, 2.45) is 0 Å². The average Bonchev–Trinajstić information content (AvgIpc) is 0. The summed E-state index contributed by atoms with van der Waals surface area (Å²) in [6, 6.07) is 0. The van der Waals surface area contributed by atoms with E-state index in [-0.39, 0.29) is 74.5 Å². The normalized spacial score (nSPS) is 0. The van der Waals surface area contributed by atoms with E-state index in [1.807, 2.05) is 0 Å². The van der Waals surface area contributed by atoms with Crippen LogP contribution >= 0.6 is 0 Å². The van der Waals surface area contributed by atoms with Gasteiger partial charge < -0.3 is 0 Å². The predicted molar refractivity (Wildman–Crippen MR) is 9.00 cm³/mol. The zero-order chi connectivity index (χ0) is 0. The first kappa shape index (κ1) is 63.6. The molecule has 0 saturated carbocycles. The van der Waals surface area contributed by atoms with E-state index < -0.39 is 0 Å². The molecular weight excluding hydrogens is 195 g/mol. The average molecular weight is 195 g/mol. The van der Waals surface area contributed by atoms with E-state index >= 15 is 0 Å². The van der Waals surface area contributed by atoms with Crippen molar-refractivity contribution in [1.82, 2.24) is 0 Å². The fraction of sp³-hybridized carbons (Fsp3) is 0. The van der Waals surface area contributed by atoms with Crippen LogP contribution in [0.15, 0.2) is 0 Å². The minimum absolute atomic E-state index is 0. The summed E-state index contributed by atoms with van der Waals surface area (Å²) < 4.78 is 0. The van der Waals surface area contributed by atoms with Gasteiger partial charge in [-0.25, -0.2) is 0 Å². The molecule has 0 unspecified atom stereocenters. The second kappa shape index (κ2) is 37.8. The molecule has 0 N–H and O–H groups in total. The summed E-state index contributed by atoms with van der Waals surface area (Å²) in [4.78, 5) is 0. The summed E-state index contributed by atoms with van der Waals surface area (Å²) in [6.45, 7) is 0. The van der Waals surface area contributed by atoms with Crippen molar-refractivity contribution in [3.63, 3.8) is 0 Å². The van der Waals surface area contributed by atoms with Crippen LogP contribution in [-0.4, -0.2) is 11.0 Å². The van der Waals surface area contributed by atoms with Crippen LogP contribution in [0, 0.1) is 7.43 Å². The summed E-state index contributed by atoms with van der Waals surface area (Å²) in [6.07, 6.45) is 0. The second-order valence-corrected chi connectivity index (χ2v) is 0. The van der Waals surface area contributed by atoms with E-state index in [1.54, 1.807) is 0 Å². The third kappa shape index (κ3) is 24.1. The fourth-order valence-electron chi connectivity index (χ4n) is 0. The standard InChI is InChI=1S/C.Cr.Mn.Si.Ti. The first-order valence-corrected chi connectivity index (χ1v) is 0. The van der Waals surface area contributed by atoms with Gasteiger partial charge in [-0.15, -0.1) is 0 Å². The van der Waals surface area contributed by atoms with Gasteiger partial charge in [-0.1, -0.05) is 0 Å². The molecule has 0 saturated heterocycles. The second-order valence-electron chi connectivity index (χ2n) is 0. The Labute approximate surface area is 74.0 Å². The Balaban J connectivity index is 0. The summed E-state index contributed by atoms with van der Waals surface area (Å²) in [7, 11) is 0. The van der Waals surface area contributed by atoms with Gasteiger partial charge in [0, 0.05) is 74.5 Å². The van der Waals surface area contributed by atoms with E-state index in [0.717, 1.165) is 0 Å². The van der Waals surface area contributed by atoms with Crippen molar-refractivity contribution in [2.75, 3.05) is 0 Å². The van der Waals surface area contributed by atoms with Gasteiger partial charge in [0.25, 0.3) is 0 Å². The molecule has 0 atom stereocenters. The maximum atomic E-state index is 0. The Hall–Kier alpha value is 1.98. The summed E-state index contributed by atoms with van der Waals surface area (Å²) >= 11 is 0. The van der Waals surface area contributed by atoms with E-state index in [9.17, 15) is 0 Å². The van der Waals surface area contributed by atoms with Crippen molar-refractivity contribution in [3.8, 4) is 0 Å². The van der Waals surface area contributed by atoms with Gasteiger partial charge in [-0.2, -0.15) is 0 Å². The smallest absolute Gasteiger partial charge is 0 e. The van der Waals surface area contributed by atoms with E-state index in [2.05, 4.69) is 0 Å². The SMILES string of the molecule is [C].[Cr].[Mn].[Si].[Ti]. The Kier molecular flexibility index (Phi) is 480. The molecule has 9 radical (unpaired) electrons. The molecule has 0 aliphatic carbocycles. The molecule has 0 aromatic carbocycles. The Morgan fingerprint density at radius 3 is 1.00 bits per heavy atom. The molecular formula is CCrMnSiTi. The van der Waals surface area contributed by atoms with Crippen LogP contribution in [0.2, 0.25) is 0 Å². The molecule has 0 nitrogen and oxygen atoms in total. The number of hydrogen-bond acceptors (Lipinski definition) is 0. The molecule has 0 heterocycles. The quantitative estimate of drug-likeness (QED) is 0.465. The Morgan fingerprint density at radius 2 is 1.00 bits per heavy atom. The van der Waals surface area contributed by atoms with Gasteiger partial charge in [-0.3, -0.25) is 0 Å². The topological polar surface area (TPSA) is 0 Å². The van der Waals surface area contributed by atoms with Crippen LogP contribution in [0.25, 0.3) is 0 Å². The summed E-state index contributed by atoms with van der Waals surface area (Å²) in [5.74, 6) is 0. The van der Waals surface area contributed by atoms with E-state index in [4.69, 9.17) is 0 Å². The molecule has 4 heteroatoms. The minimum Gasteiger partial charge on any atom is 0 e. The minimum atomic E-state index is 0. The monoisotopic (exact) mass is 195 g/mol. The molecule has 0 amide bonds. The molecule has 0 aliphatic rings. The zero-order valence-corrected chi connectivity index (χ0v) is 7.30. The third-order valence-corrected chi connectivity index (χ3v) is 0. The van der Waals surface area contributed by atoms with Crippen LogP contribution in [0.3, 0.4) is 0 Å². The van der Waals surface area contributed by atoms with Gasteiger partial charge >= 0.3 is 0 Å². The molecule has 0 spiro atoms. The van der Waals surface area contributed by atoms with Crippen molar-refractivity contribution in [1.29, 1.82) is 0 Å². The Bertz CT molecular complexity index is 11.6. The molecule has 0 bridgehead atoms. The van der Waals surface area contributed by atoms with Gasteiger partial charge in [0.1, 0.15) is 0 Å². The zero-order valence-electron chi connectivity index (χ0n) is 2.29. The molecule has 0 fully saturated rings. The molecule has 25 valence electrons. The molecule has 0 aromatic rings. The number of hydrogen-bond donors (Lipinski definition) is 0. The predicted octanol–water partition coefficient (Wildman–Crippen LogP) is -0.307. The van der Waals surface area contributed by atoms with Crippen molar-refractivity contribution in [3.05, 3.63) is 7.43 Å². The first-order chi connectivity index (χ1) is 0. The maximum Gasteiger partial charge on any atom is 0 e. The van der Waals surface area contributed by atoms with Crippen LogP contribution in [0.1, 0.15) is 0 Å². The Morgan fingerprint density at radius 1 is 1.00 bits per heavy atom. The molecule has 0 aliphatic heterocycles. The van der Waals surface area contributed by atoms with Gasteiger partial charge in [-0.05, 0) is 0 Å². The summed E-state index contributed by atoms with van der Waals surface area (Å²) in [5.41, 5.74) is 0. The summed E-state index contributed by atoms with van der Waals surface area (Å²) in [5, 5.41) is 0. The van der Waals surface area contributed by atoms with Crippen LogP contribution < -0.4 is 0 Å². The van der Waals surface area contributed by atoms with E-state index in [1.165, 1.54) is 0 Å². The van der Waals surface area contributed by atoms with Gasteiger partial charge in [0.05, 0.1) is 0 Å². The largest absolute Gasteiger partial charge is 0 e. The van der Waals surface area contributed by atoms with Gasteiger partial charge in [0.15, 0.2) is 0 Å². The van der Waals surface area contributed by atoms with Crippen LogP contribution in [0.5, 0.6) is 0 Å². The van der Waals surface area contributed by atoms with E-state index in [0.29, 0.717) is 0 Å². The fourth-order valence-corrected chi connectivity index (χ4v) is 0. The van der Waals surface area contributed by atoms with Crippen molar-refractivity contribution >= 4 is 11.0 Å². The van der Waals surface area contributed by atoms with Crippen molar-refractivity contribution in [2.45, 2.75) is 0 Å². The number of rotatable bonds is 0. The molecule has 0 aromatic heterocycles. The van der Waals surface area contributed by atoms with Crippen LogP contribution in [0.4, 0.5) is 0 Å². The van der Waals surface area contributed by atoms with Crippen LogP contribution in [-0.2, 0) is 56.1 Å². The maximum absolute atomic E-state index is 0. The molecule has 0 rings (SSSR count). The van der Waals surface area contributed by atoms with Gasteiger partial charge in [0.2, 0.25) is 0 Å². The molecule has 5 heavy (non-hydrogen) atoms. The van der Waals surface area contributed by atoms with Crippen molar-refractivity contribution < 1.29 is 56.1 Å².